The molecule has 0 fully saturated rings. The Morgan fingerprint density at radius 3 is 2.71 bits per heavy atom. The number of hydrogen-bond acceptors (Lipinski definition) is 2. The molecule has 2 aromatic carbocycles. The molecule has 0 saturated heterocycles. The number of fused-ring (bicyclic) bond motifs is 1. The van der Waals surface area contributed by atoms with E-state index in [-0.39, 0.29) is 0 Å². The molecule has 0 heterocycles. The Morgan fingerprint density at radius 1 is 1.17 bits per heavy atom. The molecule has 24 heavy (non-hydrogen) atoms. The van der Waals surface area contributed by atoms with E-state index in [0.29, 0.717) is 12.0 Å². The Bertz CT molecular complexity index is 652. The topological polar surface area (TPSA) is 12.5 Å². The van der Waals surface area contributed by atoms with Crippen molar-refractivity contribution < 1.29 is 4.74 Å². The first-order valence-corrected chi connectivity index (χ1v) is 9.10. The predicted molar refractivity (Wildman–Crippen MR) is 101 cm³/mol. The lowest BCUT2D eigenvalue weighted by Gasteiger charge is -2.36. The number of methoxy groups -OCH3 is 1. The number of hydrogen-bond donors (Lipinski definition) is 0. The van der Waals surface area contributed by atoms with Crippen molar-refractivity contribution in [1.29, 1.82) is 0 Å². The Balaban J connectivity index is 1.68. The highest BCUT2D eigenvalue weighted by molar-refractivity contribution is 5.40. The zero-order chi connectivity index (χ0) is 16.9. The number of ether oxygens (including phenoxy) is 1. The summed E-state index contributed by atoms with van der Waals surface area (Å²) in [5, 5.41) is 0. The highest BCUT2D eigenvalue weighted by atomic mass is 16.5. The Labute approximate surface area is 146 Å². The van der Waals surface area contributed by atoms with Crippen LogP contribution in [0.15, 0.2) is 48.5 Å². The minimum atomic E-state index is 0.557. The Hall–Kier alpha value is -1.80. The quantitative estimate of drug-likeness (QED) is 0.765. The van der Waals surface area contributed by atoms with E-state index in [1.165, 1.54) is 36.0 Å². The van der Waals surface area contributed by atoms with Gasteiger partial charge in [0.2, 0.25) is 0 Å². The minimum Gasteiger partial charge on any atom is -0.497 e. The fourth-order valence-corrected chi connectivity index (χ4v) is 3.92. The first-order chi connectivity index (χ1) is 11.7. The summed E-state index contributed by atoms with van der Waals surface area (Å²) in [5.74, 6) is 1.61. The van der Waals surface area contributed by atoms with Crippen molar-refractivity contribution in [2.24, 2.45) is 0 Å². The smallest absolute Gasteiger partial charge is 0.119 e. The lowest BCUT2D eigenvalue weighted by atomic mass is 9.78. The van der Waals surface area contributed by atoms with E-state index in [1.807, 2.05) is 0 Å². The van der Waals surface area contributed by atoms with Gasteiger partial charge in [0, 0.05) is 12.6 Å². The van der Waals surface area contributed by atoms with Crippen molar-refractivity contribution in [2.45, 2.75) is 44.6 Å². The van der Waals surface area contributed by atoms with E-state index in [4.69, 9.17) is 4.74 Å². The Morgan fingerprint density at radius 2 is 1.96 bits per heavy atom. The fourth-order valence-electron chi connectivity index (χ4n) is 3.92. The molecule has 0 saturated carbocycles. The van der Waals surface area contributed by atoms with Gasteiger partial charge in [0.15, 0.2) is 0 Å². The normalized spacial score (nSPS) is 18.2. The number of benzene rings is 2. The van der Waals surface area contributed by atoms with Gasteiger partial charge in [-0.2, -0.15) is 0 Å². The van der Waals surface area contributed by atoms with Gasteiger partial charge in [0.1, 0.15) is 5.75 Å². The van der Waals surface area contributed by atoms with Crippen LogP contribution in [0, 0.1) is 0 Å². The van der Waals surface area contributed by atoms with E-state index >= 15 is 0 Å². The molecule has 2 heteroatoms. The van der Waals surface area contributed by atoms with Crippen molar-refractivity contribution in [3.05, 3.63) is 65.2 Å². The first kappa shape index (κ1) is 17.0. The van der Waals surface area contributed by atoms with Gasteiger partial charge in [-0.15, -0.1) is 0 Å². The third kappa shape index (κ3) is 3.81. The minimum absolute atomic E-state index is 0.557. The van der Waals surface area contributed by atoms with Gasteiger partial charge >= 0.3 is 0 Å². The van der Waals surface area contributed by atoms with Gasteiger partial charge in [-0.1, -0.05) is 36.4 Å². The molecule has 2 unspecified atom stereocenters. The zero-order valence-corrected chi connectivity index (χ0v) is 15.2. The van der Waals surface area contributed by atoms with Gasteiger partial charge in [0.25, 0.3) is 0 Å². The third-order valence-electron chi connectivity index (χ3n) is 5.58. The lowest BCUT2D eigenvalue weighted by Crippen LogP contribution is -2.37. The van der Waals surface area contributed by atoms with E-state index in [9.17, 15) is 0 Å². The summed E-state index contributed by atoms with van der Waals surface area (Å²) in [6.07, 6.45) is 4.87. The number of likely N-dealkylation sites (N-methyl/N-ethyl adjacent to an activating group) is 1. The summed E-state index contributed by atoms with van der Waals surface area (Å²) in [4.78, 5) is 2.52. The van der Waals surface area contributed by atoms with Crippen LogP contribution in [0.3, 0.4) is 0 Å². The second-order valence-electron chi connectivity index (χ2n) is 7.02. The van der Waals surface area contributed by atoms with Crippen LogP contribution in [0.4, 0.5) is 0 Å². The van der Waals surface area contributed by atoms with Crippen molar-refractivity contribution in [2.75, 3.05) is 20.7 Å². The SMILES string of the molecule is COc1ccc2c(c1)CCCC2C(C)N(C)CCc1ccccc1. The highest BCUT2D eigenvalue weighted by Gasteiger charge is 2.27. The van der Waals surface area contributed by atoms with Crippen LogP contribution in [0.1, 0.15) is 42.4 Å². The van der Waals surface area contributed by atoms with Crippen LogP contribution < -0.4 is 4.74 Å². The summed E-state index contributed by atoms with van der Waals surface area (Å²) in [6.45, 7) is 3.49. The van der Waals surface area contributed by atoms with Gasteiger partial charge in [0.05, 0.1) is 7.11 Å². The van der Waals surface area contributed by atoms with Crippen LogP contribution >= 0.6 is 0 Å². The predicted octanol–water partition coefficient (Wildman–Crippen LogP) is 4.68. The van der Waals surface area contributed by atoms with Gasteiger partial charge in [-0.3, -0.25) is 0 Å². The number of rotatable bonds is 6. The third-order valence-corrected chi connectivity index (χ3v) is 5.58. The molecule has 0 aromatic heterocycles. The average Bonchev–Trinajstić information content (AvgIpc) is 2.65. The van der Waals surface area contributed by atoms with Crippen LogP contribution in [0.2, 0.25) is 0 Å². The summed E-state index contributed by atoms with van der Waals surface area (Å²) >= 11 is 0. The summed E-state index contributed by atoms with van der Waals surface area (Å²) < 4.78 is 5.40. The molecule has 128 valence electrons. The number of nitrogens with zero attached hydrogens (tertiary/aromatic N) is 1. The summed E-state index contributed by atoms with van der Waals surface area (Å²) in [6, 6.07) is 18.0. The van der Waals surface area contributed by atoms with Crippen LogP contribution in [-0.4, -0.2) is 31.6 Å². The fraction of sp³-hybridized carbons (Fsp3) is 0.455. The van der Waals surface area contributed by atoms with Crippen molar-refractivity contribution in [1.82, 2.24) is 4.90 Å². The summed E-state index contributed by atoms with van der Waals surface area (Å²) in [7, 11) is 4.02. The van der Waals surface area contributed by atoms with Crippen LogP contribution in [0.5, 0.6) is 5.75 Å². The van der Waals surface area contributed by atoms with Crippen molar-refractivity contribution in [3.8, 4) is 5.75 Å². The number of aryl methyl sites for hydroxylation is 1. The highest BCUT2D eigenvalue weighted by Crippen LogP contribution is 2.37. The molecular weight excluding hydrogens is 294 g/mol. The molecule has 1 aliphatic carbocycles. The molecule has 2 atom stereocenters. The molecule has 3 rings (SSSR count). The molecule has 2 aromatic rings. The second kappa shape index (κ2) is 7.85. The molecule has 1 aliphatic rings. The van der Waals surface area contributed by atoms with Gasteiger partial charge in [-0.25, -0.2) is 0 Å². The standard InChI is InChI=1S/C22H29NO/c1-17(23(2)15-14-18-8-5-4-6-9-18)21-11-7-10-19-16-20(24-3)12-13-22(19)21/h4-6,8-9,12-13,16-17,21H,7,10-11,14-15H2,1-3H3. The second-order valence-corrected chi connectivity index (χ2v) is 7.02. The molecule has 0 radical (unpaired) electrons. The average molecular weight is 323 g/mol. The van der Waals surface area contributed by atoms with Crippen molar-refractivity contribution >= 4 is 0 Å². The van der Waals surface area contributed by atoms with Gasteiger partial charge in [-0.05, 0) is 74.4 Å². The zero-order valence-electron chi connectivity index (χ0n) is 15.2. The Kier molecular flexibility index (Phi) is 5.57. The van der Waals surface area contributed by atoms with E-state index in [0.717, 1.165) is 18.7 Å². The maximum Gasteiger partial charge on any atom is 0.119 e. The molecule has 0 aliphatic heterocycles. The maximum atomic E-state index is 5.40. The van der Waals surface area contributed by atoms with Gasteiger partial charge < -0.3 is 9.64 Å². The molecular formula is C22H29NO. The van der Waals surface area contributed by atoms with E-state index < -0.39 is 0 Å². The first-order valence-electron chi connectivity index (χ1n) is 9.10. The largest absolute Gasteiger partial charge is 0.497 e. The molecule has 0 spiro atoms. The van der Waals surface area contributed by atoms with E-state index in [2.05, 4.69) is 67.4 Å². The maximum absolute atomic E-state index is 5.40. The molecule has 2 nitrogen and oxygen atoms in total. The lowest BCUT2D eigenvalue weighted by molar-refractivity contribution is 0.216. The van der Waals surface area contributed by atoms with E-state index in [1.54, 1.807) is 7.11 Å². The summed E-state index contributed by atoms with van der Waals surface area (Å²) in [5.41, 5.74) is 4.43. The van der Waals surface area contributed by atoms with Crippen LogP contribution in [-0.2, 0) is 12.8 Å². The molecule has 0 bridgehead atoms. The molecule has 0 N–H and O–H groups in total. The van der Waals surface area contributed by atoms with Crippen molar-refractivity contribution in [3.63, 3.8) is 0 Å². The van der Waals surface area contributed by atoms with Crippen LogP contribution in [0.25, 0.3) is 0 Å². The molecule has 0 amide bonds. The monoisotopic (exact) mass is 323 g/mol.